The van der Waals surface area contributed by atoms with Crippen LogP contribution in [0.5, 0.6) is 0 Å². The Balaban J connectivity index is 1.61. The lowest BCUT2D eigenvalue weighted by atomic mass is 10.1. The smallest absolute Gasteiger partial charge is 0.214 e. The Morgan fingerprint density at radius 1 is 1.38 bits per heavy atom. The fourth-order valence-electron chi connectivity index (χ4n) is 3.62. The molecule has 1 aliphatic rings. The summed E-state index contributed by atoms with van der Waals surface area (Å²) < 4.78 is 29.3. The second-order valence-corrected chi connectivity index (χ2v) is 7.60. The van der Waals surface area contributed by atoms with Gasteiger partial charge in [0.15, 0.2) is 17.7 Å². The highest BCUT2D eigenvalue weighted by atomic mass is 19.1. The first-order valence-corrected chi connectivity index (χ1v) is 10.1. The number of hydrogen-bond donors (Lipinski definition) is 2. The van der Waals surface area contributed by atoms with Gasteiger partial charge in [-0.2, -0.15) is 10.3 Å². The van der Waals surface area contributed by atoms with Crippen molar-refractivity contribution >= 4 is 23.2 Å². The van der Waals surface area contributed by atoms with Crippen molar-refractivity contribution in [3.05, 3.63) is 53.7 Å². The summed E-state index contributed by atoms with van der Waals surface area (Å²) in [5.74, 6) is 0.191. The number of aliphatic imine (C=N–C) groups is 1. The summed E-state index contributed by atoms with van der Waals surface area (Å²) in [5.41, 5.74) is 0.728. The second kappa shape index (κ2) is 8.76. The molecule has 2 atom stereocenters. The van der Waals surface area contributed by atoms with Crippen molar-refractivity contribution in [3.8, 4) is 6.19 Å². The van der Waals surface area contributed by atoms with Gasteiger partial charge in [-0.1, -0.05) is 0 Å². The van der Waals surface area contributed by atoms with Crippen molar-refractivity contribution in [1.82, 2.24) is 24.8 Å². The zero-order valence-electron chi connectivity index (χ0n) is 17.6. The van der Waals surface area contributed by atoms with E-state index in [-0.39, 0.29) is 5.56 Å². The molecule has 1 aliphatic heterocycles. The molecule has 2 aromatic heterocycles. The number of likely N-dealkylation sites (tertiary alicyclic amines) is 1. The Hall–Kier alpha value is -3.78. The van der Waals surface area contributed by atoms with E-state index in [9.17, 15) is 13.9 Å². The van der Waals surface area contributed by atoms with E-state index in [1.807, 2.05) is 6.19 Å². The monoisotopic (exact) mass is 440 g/mol. The van der Waals surface area contributed by atoms with Gasteiger partial charge in [0.1, 0.15) is 17.5 Å². The number of fused-ring (bicyclic) bond motifs is 1. The van der Waals surface area contributed by atoms with Gasteiger partial charge in [0.05, 0.1) is 12.1 Å². The number of aliphatic hydroxyl groups excluding tert-OH is 1. The maximum Gasteiger partial charge on any atom is 0.214 e. The lowest BCUT2D eigenvalue weighted by molar-refractivity contribution is 0.188. The molecule has 11 heteroatoms. The van der Waals surface area contributed by atoms with Crippen LogP contribution in [0, 0.1) is 23.1 Å². The summed E-state index contributed by atoms with van der Waals surface area (Å²) in [5, 5.41) is 25.7. The van der Waals surface area contributed by atoms with E-state index >= 15 is 0 Å². The molecule has 2 N–H and O–H groups in total. The van der Waals surface area contributed by atoms with E-state index in [4.69, 9.17) is 5.26 Å². The zero-order chi connectivity index (χ0) is 22.8. The molecule has 0 radical (unpaired) electrons. The normalized spacial score (nSPS) is 17.4. The molecule has 3 aromatic rings. The quantitative estimate of drug-likeness (QED) is 0.278. The second-order valence-electron chi connectivity index (χ2n) is 7.60. The van der Waals surface area contributed by atoms with Gasteiger partial charge in [-0.25, -0.2) is 18.3 Å². The third kappa shape index (κ3) is 4.31. The molecule has 4 rings (SSSR count). The van der Waals surface area contributed by atoms with E-state index in [0.29, 0.717) is 42.8 Å². The molecule has 0 unspecified atom stereocenters. The Bertz CT molecular complexity index is 1200. The van der Waals surface area contributed by atoms with Crippen LogP contribution in [0.4, 0.5) is 20.4 Å². The van der Waals surface area contributed by atoms with Gasteiger partial charge in [0.2, 0.25) is 5.96 Å². The minimum atomic E-state index is -0.504. The SMILES string of the molecule is C[C@H](c1cc(F)ccc1F)N(C)c1ccn2nc(N=C(NC#N)N3CC[C@H](O)C3)cc2n1. The molecule has 1 aromatic carbocycles. The highest BCUT2D eigenvalue weighted by Crippen LogP contribution is 2.27. The lowest BCUT2D eigenvalue weighted by Gasteiger charge is -2.26. The molecule has 1 saturated heterocycles. The first-order chi connectivity index (χ1) is 15.4. The van der Waals surface area contributed by atoms with Crippen LogP contribution in [0.15, 0.2) is 41.5 Å². The number of halogens is 2. The molecular formula is C21H22F2N8O. The minimum absolute atomic E-state index is 0.230. The van der Waals surface area contributed by atoms with Crippen LogP contribution in [0.25, 0.3) is 5.65 Å². The average Bonchev–Trinajstić information content (AvgIpc) is 3.39. The zero-order valence-corrected chi connectivity index (χ0v) is 17.6. The molecule has 1 fully saturated rings. The third-order valence-corrected chi connectivity index (χ3v) is 5.50. The van der Waals surface area contributed by atoms with E-state index in [2.05, 4.69) is 20.4 Å². The van der Waals surface area contributed by atoms with Crippen molar-refractivity contribution in [2.75, 3.05) is 25.0 Å². The number of nitrogens with zero attached hydrogens (tertiary/aromatic N) is 7. The number of nitrogens with one attached hydrogen (secondary N) is 1. The van der Waals surface area contributed by atoms with Crippen LogP contribution in [-0.2, 0) is 0 Å². The summed E-state index contributed by atoms with van der Waals surface area (Å²) in [7, 11) is 1.75. The Morgan fingerprint density at radius 2 is 2.19 bits per heavy atom. The minimum Gasteiger partial charge on any atom is -0.391 e. The largest absolute Gasteiger partial charge is 0.391 e. The van der Waals surface area contributed by atoms with Gasteiger partial charge in [0, 0.05) is 38.0 Å². The molecule has 0 aliphatic carbocycles. The highest BCUT2D eigenvalue weighted by molar-refractivity contribution is 5.84. The molecule has 32 heavy (non-hydrogen) atoms. The number of aromatic nitrogens is 3. The molecular weight excluding hydrogens is 418 g/mol. The summed E-state index contributed by atoms with van der Waals surface area (Å²) in [4.78, 5) is 12.5. The van der Waals surface area contributed by atoms with Gasteiger partial charge in [-0.15, -0.1) is 5.10 Å². The van der Waals surface area contributed by atoms with Crippen LogP contribution < -0.4 is 10.2 Å². The number of benzene rings is 1. The van der Waals surface area contributed by atoms with Crippen molar-refractivity contribution in [2.24, 2.45) is 4.99 Å². The molecule has 0 bridgehead atoms. The number of hydrogen-bond acceptors (Lipinski definition) is 6. The van der Waals surface area contributed by atoms with Gasteiger partial charge < -0.3 is 14.9 Å². The summed E-state index contributed by atoms with van der Waals surface area (Å²) in [6, 6.07) is 6.28. The number of β-amino-alcohol motifs (C(OH)–C–C–N with tert-alkyl or cyclic N) is 1. The highest BCUT2D eigenvalue weighted by Gasteiger charge is 2.24. The number of nitriles is 1. The van der Waals surface area contributed by atoms with Crippen molar-refractivity contribution < 1.29 is 13.9 Å². The number of rotatable bonds is 4. The number of aliphatic hydroxyl groups is 1. The fraction of sp³-hybridized carbons (Fsp3) is 0.333. The van der Waals surface area contributed by atoms with Crippen LogP contribution in [0.1, 0.15) is 24.9 Å². The molecule has 0 amide bonds. The van der Waals surface area contributed by atoms with Gasteiger partial charge in [0.25, 0.3) is 0 Å². The summed E-state index contributed by atoms with van der Waals surface area (Å²) in [6.07, 6.45) is 3.68. The number of guanidine groups is 1. The fourth-order valence-corrected chi connectivity index (χ4v) is 3.62. The number of anilines is 1. The van der Waals surface area contributed by atoms with E-state index in [0.717, 1.165) is 12.1 Å². The van der Waals surface area contributed by atoms with Gasteiger partial charge in [-0.05, 0) is 37.6 Å². The van der Waals surface area contributed by atoms with E-state index in [1.54, 1.807) is 42.1 Å². The maximum atomic E-state index is 14.2. The topological polar surface area (TPSA) is 105 Å². The van der Waals surface area contributed by atoms with Crippen LogP contribution in [-0.4, -0.2) is 56.8 Å². The molecule has 9 nitrogen and oxygen atoms in total. The van der Waals surface area contributed by atoms with Crippen LogP contribution in [0.2, 0.25) is 0 Å². The summed E-state index contributed by atoms with van der Waals surface area (Å²) >= 11 is 0. The molecule has 0 spiro atoms. The summed E-state index contributed by atoms with van der Waals surface area (Å²) in [6.45, 7) is 2.71. The molecule has 0 saturated carbocycles. The first kappa shape index (κ1) is 21.5. The Kier molecular flexibility index (Phi) is 5.87. The third-order valence-electron chi connectivity index (χ3n) is 5.50. The molecule has 3 heterocycles. The van der Waals surface area contributed by atoms with Crippen molar-refractivity contribution in [2.45, 2.75) is 25.5 Å². The van der Waals surface area contributed by atoms with Crippen LogP contribution >= 0.6 is 0 Å². The van der Waals surface area contributed by atoms with Crippen molar-refractivity contribution in [1.29, 1.82) is 5.26 Å². The van der Waals surface area contributed by atoms with Crippen LogP contribution in [0.3, 0.4) is 0 Å². The van der Waals surface area contributed by atoms with Gasteiger partial charge in [-0.3, -0.25) is 5.32 Å². The predicted molar refractivity (Wildman–Crippen MR) is 114 cm³/mol. The first-order valence-electron chi connectivity index (χ1n) is 10.1. The predicted octanol–water partition coefficient (Wildman–Crippen LogP) is 2.33. The Morgan fingerprint density at radius 3 is 2.91 bits per heavy atom. The van der Waals surface area contributed by atoms with E-state index in [1.165, 1.54) is 10.6 Å². The van der Waals surface area contributed by atoms with E-state index < -0.39 is 23.8 Å². The van der Waals surface area contributed by atoms with Crippen molar-refractivity contribution in [3.63, 3.8) is 0 Å². The lowest BCUT2D eigenvalue weighted by Crippen LogP contribution is -2.38. The standard InChI is InChI=1S/C21H22F2N8O/c1-13(16-9-14(22)3-4-17(16)23)29(2)19-6-8-31-20(27-19)10-18(28-31)26-21(25-12-24)30-7-5-15(32)11-30/h3-4,6,8-10,13,15,32H,5,7,11H2,1-2H3,(H,25,26,28)/t13-,15+/m1/s1. The average molecular weight is 440 g/mol. The Labute approximate surface area is 183 Å². The molecule has 166 valence electrons. The maximum absolute atomic E-state index is 14.2. The van der Waals surface area contributed by atoms with Gasteiger partial charge >= 0.3 is 0 Å².